The second kappa shape index (κ2) is 10.6. The minimum Gasteiger partial charge on any atom is -0.444 e. The summed E-state index contributed by atoms with van der Waals surface area (Å²) >= 11 is 1.30. The molecule has 1 aliphatic rings. The molecular weight excluding hydrogens is 504 g/mol. The van der Waals surface area contributed by atoms with Crippen molar-refractivity contribution in [1.82, 2.24) is 4.90 Å². The monoisotopic (exact) mass is 533 g/mol. The Labute approximate surface area is 211 Å². The summed E-state index contributed by atoms with van der Waals surface area (Å²) in [5, 5.41) is 0. The Morgan fingerprint density at radius 3 is 1.92 bits per heavy atom. The first-order valence-corrected chi connectivity index (χ1v) is 12.6. The van der Waals surface area contributed by atoms with Crippen molar-refractivity contribution in [3.63, 3.8) is 0 Å². The van der Waals surface area contributed by atoms with Crippen LogP contribution in [-0.4, -0.2) is 35.4 Å². The van der Waals surface area contributed by atoms with Crippen LogP contribution in [-0.2, 0) is 28.3 Å². The summed E-state index contributed by atoms with van der Waals surface area (Å²) in [5.41, 5.74) is -2.62. The molecule has 1 saturated heterocycles. The van der Waals surface area contributed by atoms with E-state index >= 15 is 0 Å². The number of carbonyl (C=O) groups excluding carboxylic acids is 1. The Kier molecular flexibility index (Phi) is 8.27. The van der Waals surface area contributed by atoms with Crippen LogP contribution in [0.3, 0.4) is 0 Å². The van der Waals surface area contributed by atoms with Gasteiger partial charge in [0.25, 0.3) is 0 Å². The number of halogens is 6. The van der Waals surface area contributed by atoms with Crippen molar-refractivity contribution in [2.45, 2.75) is 62.7 Å². The summed E-state index contributed by atoms with van der Waals surface area (Å²) in [4.78, 5) is 14.1. The van der Waals surface area contributed by atoms with E-state index < -0.39 is 35.2 Å². The number of hydrogen-bond acceptors (Lipinski definition) is 3. The fraction of sp³-hybridized carbons (Fsp3) is 0.500. The van der Waals surface area contributed by atoms with Gasteiger partial charge in [-0.1, -0.05) is 30.3 Å². The zero-order valence-electron chi connectivity index (χ0n) is 20.3. The van der Waals surface area contributed by atoms with Gasteiger partial charge in [0.15, 0.2) is 0 Å². The number of nitrogens with zero attached hydrogens (tertiary/aromatic N) is 1. The molecule has 3 rings (SSSR count). The molecule has 2 aromatic carbocycles. The molecule has 1 fully saturated rings. The second-order valence-electron chi connectivity index (χ2n) is 10.0. The van der Waals surface area contributed by atoms with E-state index in [2.05, 4.69) is 0 Å². The first kappa shape index (κ1) is 28.2. The lowest BCUT2D eigenvalue weighted by Crippen LogP contribution is -2.47. The van der Waals surface area contributed by atoms with Crippen LogP contribution in [0.4, 0.5) is 31.1 Å². The van der Waals surface area contributed by atoms with Crippen molar-refractivity contribution in [2.75, 3.05) is 18.8 Å². The predicted octanol–water partition coefficient (Wildman–Crippen LogP) is 7.93. The third-order valence-corrected chi connectivity index (χ3v) is 7.35. The third kappa shape index (κ3) is 7.33. The van der Waals surface area contributed by atoms with E-state index in [1.807, 2.05) is 30.3 Å². The molecule has 0 unspecified atom stereocenters. The highest BCUT2D eigenvalue weighted by molar-refractivity contribution is 7.98. The van der Waals surface area contributed by atoms with Gasteiger partial charge < -0.3 is 9.64 Å². The number of hydrogen-bond donors (Lipinski definition) is 0. The van der Waals surface area contributed by atoms with Crippen molar-refractivity contribution in [3.8, 4) is 0 Å². The van der Waals surface area contributed by atoms with Crippen LogP contribution in [0.1, 0.15) is 55.9 Å². The van der Waals surface area contributed by atoms with Crippen molar-refractivity contribution in [2.24, 2.45) is 0 Å². The third-order valence-electron chi connectivity index (χ3n) is 6.05. The molecule has 0 aliphatic carbocycles. The molecule has 2 aromatic rings. The highest BCUT2D eigenvalue weighted by atomic mass is 32.2. The van der Waals surface area contributed by atoms with Crippen LogP contribution in [0, 0.1) is 0 Å². The minimum absolute atomic E-state index is 0.00262. The van der Waals surface area contributed by atoms with Crippen molar-refractivity contribution in [1.29, 1.82) is 0 Å². The first-order valence-electron chi connectivity index (χ1n) is 11.5. The largest absolute Gasteiger partial charge is 0.444 e. The molecule has 0 saturated carbocycles. The van der Waals surface area contributed by atoms with Gasteiger partial charge in [-0.15, -0.1) is 0 Å². The molecule has 10 heteroatoms. The summed E-state index contributed by atoms with van der Waals surface area (Å²) in [7, 11) is 0. The highest BCUT2D eigenvalue weighted by Crippen LogP contribution is 2.41. The Balaban J connectivity index is 1.77. The van der Waals surface area contributed by atoms with Crippen LogP contribution in [0.2, 0.25) is 0 Å². The van der Waals surface area contributed by atoms with E-state index in [0.29, 0.717) is 31.7 Å². The maximum Gasteiger partial charge on any atom is 0.416 e. The molecule has 0 bridgehead atoms. The predicted molar refractivity (Wildman–Crippen MR) is 128 cm³/mol. The molecule has 0 N–H and O–H groups in total. The van der Waals surface area contributed by atoms with Gasteiger partial charge >= 0.3 is 18.4 Å². The zero-order valence-corrected chi connectivity index (χ0v) is 21.1. The standard InChI is InChI=1S/C26H29F6NO2S/c1-23(2,3)35-22(34)33-11-9-24(10-12-33,19-7-5-4-6-8-19)17-36-16-18-13-20(25(27,28)29)15-21(14-18)26(30,31)32/h4-8,13-15H,9-12,16-17H2,1-3H3. The van der Waals surface area contributed by atoms with E-state index in [9.17, 15) is 31.1 Å². The van der Waals surface area contributed by atoms with Crippen LogP contribution in [0.15, 0.2) is 48.5 Å². The van der Waals surface area contributed by atoms with Crippen LogP contribution >= 0.6 is 11.8 Å². The summed E-state index contributed by atoms with van der Waals surface area (Å²) in [6, 6.07) is 11.3. The van der Waals surface area contributed by atoms with Gasteiger partial charge in [-0.25, -0.2) is 4.79 Å². The molecule has 1 aliphatic heterocycles. The number of thioether (sulfide) groups is 1. The van der Waals surface area contributed by atoms with Gasteiger partial charge in [-0.05, 0) is 62.9 Å². The minimum atomic E-state index is -4.87. The Bertz CT molecular complexity index is 1010. The van der Waals surface area contributed by atoms with E-state index in [1.54, 1.807) is 25.7 Å². The Morgan fingerprint density at radius 1 is 0.917 bits per heavy atom. The molecule has 1 heterocycles. The molecule has 36 heavy (non-hydrogen) atoms. The highest BCUT2D eigenvalue weighted by Gasteiger charge is 2.39. The van der Waals surface area contributed by atoms with Crippen molar-refractivity contribution < 1.29 is 35.9 Å². The lowest BCUT2D eigenvalue weighted by atomic mass is 9.74. The van der Waals surface area contributed by atoms with Gasteiger partial charge in [0.05, 0.1) is 11.1 Å². The first-order chi connectivity index (χ1) is 16.6. The second-order valence-corrected chi connectivity index (χ2v) is 11.0. The molecule has 1 amide bonds. The summed E-state index contributed by atoms with van der Waals surface area (Å²) in [6.45, 7) is 6.24. The Hall–Kier alpha value is -2.36. The number of rotatable bonds is 5. The SMILES string of the molecule is CC(C)(C)OC(=O)N1CCC(CSCc2cc(C(F)(F)F)cc(C(F)(F)F)c2)(c2ccccc2)CC1. The number of carbonyl (C=O) groups is 1. The molecule has 3 nitrogen and oxygen atoms in total. The van der Waals surface area contributed by atoms with E-state index in [1.165, 1.54) is 11.8 Å². The average Bonchev–Trinajstić information content (AvgIpc) is 2.77. The maximum absolute atomic E-state index is 13.2. The molecule has 198 valence electrons. The number of ether oxygens (including phenoxy) is 1. The van der Waals surface area contributed by atoms with Crippen molar-refractivity contribution >= 4 is 17.9 Å². The van der Waals surface area contributed by atoms with Gasteiger partial charge in [0, 0.05) is 30.0 Å². The number of alkyl halides is 6. The van der Waals surface area contributed by atoms with E-state index in [-0.39, 0.29) is 22.8 Å². The van der Waals surface area contributed by atoms with Gasteiger partial charge in [-0.3, -0.25) is 0 Å². The smallest absolute Gasteiger partial charge is 0.416 e. The number of amides is 1. The molecular formula is C26H29F6NO2S. The summed E-state index contributed by atoms with van der Waals surface area (Å²) in [5.74, 6) is 0.480. The fourth-order valence-electron chi connectivity index (χ4n) is 4.22. The lowest BCUT2D eigenvalue weighted by Gasteiger charge is -2.42. The van der Waals surface area contributed by atoms with Crippen molar-refractivity contribution in [3.05, 3.63) is 70.8 Å². The number of benzene rings is 2. The van der Waals surface area contributed by atoms with Crippen LogP contribution in [0.25, 0.3) is 0 Å². The lowest BCUT2D eigenvalue weighted by molar-refractivity contribution is -0.143. The number of piperidine rings is 1. The summed E-state index contributed by atoms with van der Waals surface area (Å²) in [6.07, 6.45) is -8.96. The number of likely N-dealkylation sites (tertiary alicyclic amines) is 1. The Morgan fingerprint density at radius 2 is 1.44 bits per heavy atom. The molecule has 0 radical (unpaired) electrons. The maximum atomic E-state index is 13.2. The van der Waals surface area contributed by atoms with E-state index in [0.717, 1.165) is 17.7 Å². The van der Waals surface area contributed by atoms with Crippen LogP contribution in [0.5, 0.6) is 0 Å². The summed E-state index contributed by atoms with van der Waals surface area (Å²) < 4.78 is 84.8. The quantitative estimate of drug-likeness (QED) is 0.366. The van der Waals surface area contributed by atoms with Gasteiger partial charge in [-0.2, -0.15) is 38.1 Å². The molecule has 0 aromatic heterocycles. The van der Waals surface area contributed by atoms with E-state index in [4.69, 9.17) is 4.74 Å². The molecule has 0 spiro atoms. The zero-order chi connectivity index (χ0) is 26.8. The molecule has 0 atom stereocenters. The average molecular weight is 534 g/mol. The van der Waals surface area contributed by atoms with Crippen LogP contribution < -0.4 is 0 Å². The topological polar surface area (TPSA) is 29.5 Å². The normalized spacial score (nSPS) is 16.6. The fourth-order valence-corrected chi connectivity index (χ4v) is 5.57. The van der Waals surface area contributed by atoms with Gasteiger partial charge in [0.2, 0.25) is 0 Å². The van der Waals surface area contributed by atoms with Gasteiger partial charge in [0.1, 0.15) is 5.60 Å².